The lowest BCUT2D eigenvalue weighted by atomic mass is 10.1. The third-order valence-electron chi connectivity index (χ3n) is 6.50. The highest BCUT2D eigenvalue weighted by Crippen LogP contribution is 2.26. The Morgan fingerprint density at radius 3 is 2.72 bits per heavy atom. The number of morpholine rings is 1. The molecule has 0 aliphatic carbocycles. The van der Waals surface area contributed by atoms with Gasteiger partial charge in [-0.3, -0.25) is 14.4 Å². The molecule has 2 aliphatic rings. The Hall–Kier alpha value is -3.96. The van der Waals surface area contributed by atoms with Crippen molar-refractivity contribution in [1.82, 2.24) is 9.88 Å². The van der Waals surface area contributed by atoms with Gasteiger partial charge in [-0.05, 0) is 49.2 Å². The molecule has 2 aromatic carbocycles. The summed E-state index contributed by atoms with van der Waals surface area (Å²) in [5, 5.41) is 14.8. The summed E-state index contributed by atoms with van der Waals surface area (Å²) in [6, 6.07) is 8.76. The number of nitrogens with zero attached hydrogens (tertiary/aromatic N) is 2. The zero-order valence-electron chi connectivity index (χ0n) is 19.4. The number of H-pyrrole nitrogens is 1. The van der Waals surface area contributed by atoms with Crippen LogP contribution in [0.5, 0.6) is 0 Å². The number of hydrogen-bond donors (Lipinski definition) is 4. The van der Waals surface area contributed by atoms with E-state index in [1.807, 2.05) is 0 Å². The molecule has 10 nitrogen and oxygen atoms in total. The van der Waals surface area contributed by atoms with Crippen LogP contribution in [0.25, 0.3) is 10.8 Å². The van der Waals surface area contributed by atoms with Gasteiger partial charge in [0.2, 0.25) is 0 Å². The summed E-state index contributed by atoms with van der Waals surface area (Å²) in [6.45, 7) is 1.31. The molecule has 3 heterocycles. The molecule has 2 saturated heterocycles. The first-order valence-corrected chi connectivity index (χ1v) is 11.7. The zero-order valence-corrected chi connectivity index (χ0v) is 19.4. The van der Waals surface area contributed by atoms with Crippen LogP contribution in [-0.2, 0) is 14.3 Å². The van der Waals surface area contributed by atoms with E-state index in [9.17, 15) is 23.9 Å². The number of halogens is 1. The molecule has 188 valence electrons. The lowest BCUT2D eigenvalue weighted by molar-refractivity contribution is -0.150. The molecule has 0 unspecified atom stereocenters. The Bertz CT molecular complexity index is 1340. The van der Waals surface area contributed by atoms with Crippen LogP contribution in [-0.4, -0.2) is 71.2 Å². The molecule has 11 heteroatoms. The molecule has 2 atom stereocenters. The maximum absolute atomic E-state index is 14.4. The predicted octanol–water partition coefficient (Wildman–Crippen LogP) is 1.86. The van der Waals surface area contributed by atoms with Gasteiger partial charge >= 0.3 is 0 Å². The number of ether oxygens (including phenoxy) is 1. The molecule has 36 heavy (non-hydrogen) atoms. The first kappa shape index (κ1) is 23.8. The molecule has 3 aromatic rings. The number of carbonyl (C=O) groups excluding carboxylic acids is 3. The van der Waals surface area contributed by atoms with Crippen molar-refractivity contribution in [2.45, 2.75) is 25.0 Å². The Balaban J connectivity index is 1.32. The SMILES string of the molecule is Nc1[nH]cc2cc(NC(=O)[C@H](O)[C@H]3OCCN(c4cc(F)cc(C(=O)N5CCCC5)c4)C3=O)ccc12. The number of anilines is 3. The highest BCUT2D eigenvalue weighted by atomic mass is 19.1. The molecular formula is C25H26FN5O5. The summed E-state index contributed by atoms with van der Waals surface area (Å²) in [6.07, 6.45) is 0.164. The van der Waals surface area contributed by atoms with Crippen LogP contribution in [0.2, 0.25) is 0 Å². The molecule has 3 amide bonds. The number of amides is 3. The Morgan fingerprint density at radius 1 is 1.17 bits per heavy atom. The van der Waals surface area contributed by atoms with Crippen molar-refractivity contribution < 1.29 is 28.6 Å². The van der Waals surface area contributed by atoms with Crippen molar-refractivity contribution in [3.63, 3.8) is 0 Å². The van der Waals surface area contributed by atoms with E-state index in [0.29, 0.717) is 24.6 Å². The number of aliphatic hydroxyl groups is 1. The van der Waals surface area contributed by atoms with Crippen molar-refractivity contribution in [3.05, 3.63) is 54.0 Å². The maximum atomic E-state index is 14.4. The number of fused-ring (bicyclic) bond motifs is 1. The van der Waals surface area contributed by atoms with Crippen molar-refractivity contribution >= 4 is 45.7 Å². The van der Waals surface area contributed by atoms with Gasteiger partial charge in [-0.2, -0.15) is 0 Å². The number of carbonyl (C=O) groups is 3. The maximum Gasteiger partial charge on any atom is 0.259 e. The quantitative estimate of drug-likeness (QED) is 0.426. The topological polar surface area (TPSA) is 141 Å². The van der Waals surface area contributed by atoms with E-state index in [-0.39, 0.29) is 30.3 Å². The minimum Gasteiger partial charge on any atom is -0.385 e. The van der Waals surface area contributed by atoms with E-state index in [2.05, 4.69) is 10.3 Å². The summed E-state index contributed by atoms with van der Waals surface area (Å²) < 4.78 is 19.9. The van der Waals surface area contributed by atoms with Gasteiger partial charge in [0.15, 0.2) is 12.2 Å². The summed E-state index contributed by atoms with van der Waals surface area (Å²) >= 11 is 0. The van der Waals surface area contributed by atoms with Gasteiger partial charge in [-0.1, -0.05) is 0 Å². The average molecular weight is 496 g/mol. The van der Waals surface area contributed by atoms with Gasteiger partial charge < -0.3 is 35.7 Å². The van der Waals surface area contributed by atoms with Crippen LogP contribution in [0.1, 0.15) is 23.2 Å². The van der Waals surface area contributed by atoms with E-state index in [0.717, 1.165) is 35.7 Å². The second-order valence-electron chi connectivity index (χ2n) is 8.92. The number of aliphatic hydroxyl groups excluding tert-OH is 1. The number of aromatic nitrogens is 1. The van der Waals surface area contributed by atoms with E-state index < -0.39 is 29.8 Å². The number of rotatable bonds is 5. The number of aromatic amines is 1. The number of nitrogen functional groups attached to an aromatic ring is 1. The number of benzene rings is 2. The van der Waals surface area contributed by atoms with Crippen molar-refractivity contribution in [2.24, 2.45) is 0 Å². The minimum absolute atomic E-state index is 0.0151. The lowest BCUT2D eigenvalue weighted by Gasteiger charge is -2.34. The van der Waals surface area contributed by atoms with Crippen LogP contribution < -0.4 is 16.0 Å². The predicted molar refractivity (Wildman–Crippen MR) is 131 cm³/mol. The Morgan fingerprint density at radius 2 is 1.94 bits per heavy atom. The first-order valence-electron chi connectivity index (χ1n) is 11.7. The van der Waals surface area contributed by atoms with Crippen LogP contribution in [0.4, 0.5) is 21.6 Å². The van der Waals surface area contributed by atoms with E-state index in [1.54, 1.807) is 29.3 Å². The second kappa shape index (κ2) is 9.59. The molecule has 0 spiro atoms. The third-order valence-corrected chi connectivity index (χ3v) is 6.50. The van der Waals surface area contributed by atoms with Crippen LogP contribution >= 0.6 is 0 Å². The van der Waals surface area contributed by atoms with Gasteiger partial charge in [-0.15, -0.1) is 0 Å². The molecular weight excluding hydrogens is 469 g/mol. The molecule has 5 N–H and O–H groups in total. The van der Waals surface area contributed by atoms with Gasteiger partial charge in [0, 0.05) is 53.5 Å². The van der Waals surface area contributed by atoms with Crippen molar-refractivity contribution in [1.29, 1.82) is 0 Å². The minimum atomic E-state index is -1.81. The van der Waals surface area contributed by atoms with Gasteiger partial charge in [-0.25, -0.2) is 4.39 Å². The molecule has 2 aliphatic heterocycles. The van der Waals surface area contributed by atoms with Crippen LogP contribution in [0.15, 0.2) is 42.6 Å². The average Bonchev–Trinajstić information content (AvgIpc) is 3.53. The van der Waals surface area contributed by atoms with Crippen molar-refractivity contribution in [3.8, 4) is 0 Å². The fourth-order valence-electron chi connectivity index (χ4n) is 4.64. The smallest absolute Gasteiger partial charge is 0.259 e. The number of likely N-dealkylation sites (tertiary alicyclic amines) is 1. The zero-order chi connectivity index (χ0) is 25.4. The summed E-state index contributed by atoms with van der Waals surface area (Å²) in [7, 11) is 0. The van der Waals surface area contributed by atoms with Gasteiger partial charge in [0.1, 0.15) is 11.6 Å². The highest BCUT2D eigenvalue weighted by molar-refractivity contribution is 6.05. The monoisotopic (exact) mass is 495 g/mol. The summed E-state index contributed by atoms with van der Waals surface area (Å²) in [5.74, 6) is -2.01. The molecule has 0 radical (unpaired) electrons. The molecule has 1 aromatic heterocycles. The number of nitrogens with one attached hydrogen (secondary N) is 2. The van der Waals surface area contributed by atoms with Gasteiger partial charge in [0.05, 0.1) is 6.61 Å². The second-order valence-corrected chi connectivity index (χ2v) is 8.92. The molecule has 2 fully saturated rings. The van der Waals surface area contributed by atoms with Crippen LogP contribution in [0, 0.1) is 5.82 Å². The first-order chi connectivity index (χ1) is 17.3. The highest BCUT2D eigenvalue weighted by Gasteiger charge is 2.39. The van der Waals surface area contributed by atoms with E-state index in [1.165, 1.54) is 11.0 Å². The van der Waals surface area contributed by atoms with Crippen LogP contribution in [0.3, 0.4) is 0 Å². The third kappa shape index (κ3) is 4.50. The number of nitrogens with two attached hydrogens (primary N) is 1. The molecule has 0 saturated carbocycles. The summed E-state index contributed by atoms with van der Waals surface area (Å²) in [4.78, 5) is 44.4. The van der Waals surface area contributed by atoms with Crippen molar-refractivity contribution in [2.75, 3.05) is 42.2 Å². The fraction of sp³-hybridized carbons (Fsp3) is 0.320. The fourth-order valence-corrected chi connectivity index (χ4v) is 4.64. The largest absolute Gasteiger partial charge is 0.385 e. The standard InChI is InChI=1S/C25H26FN5O5/c26-16-9-14(24(34)30-5-1-2-6-30)11-18(12-16)31-7-8-36-21(25(31)35)20(32)23(33)29-17-3-4-19-15(10-17)13-28-22(19)27/h3-4,9-13,20-21,28,32H,1-2,5-8,27H2,(H,29,33)/t20-,21-/m1/s1. The molecule has 5 rings (SSSR count). The Kier molecular flexibility index (Phi) is 6.33. The lowest BCUT2D eigenvalue weighted by Crippen LogP contribution is -2.55. The number of hydrogen-bond acceptors (Lipinski definition) is 6. The summed E-state index contributed by atoms with van der Waals surface area (Å²) in [5.41, 5.74) is 6.54. The van der Waals surface area contributed by atoms with E-state index in [4.69, 9.17) is 10.5 Å². The molecule has 0 bridgehead atoms. The normalized spacial score (nSPS) is 19.1. The van der Waals surface area contributed by atoms with E-state index >= 15 is 0 Å². The van der Waals surface area contributed by atoms with Gasteiger partial charge in [0.25, 0.3) is 17.7 Å². The Labute approximate surface area is 205 Å².